The Bertz CT molecular complexity index is 1300. The highest BCUT2D eigenvalue weighted by molar-refractivity contribution is 7.07. The van der Waals surface area contributed by atoms with Gasteiger partial charge in [-0.3, -0.25) is 10.1 Å². The molecule has 1 atom stereocenters. The van der Waals surface area contributed by atoms with Gasteiger partial charge in [-0.2, -0.15) is 5.10 Å². The molecule has 4 rings (SSSR count). The predicted molar refractivity (Wildman–Crippen MR) is 135 cm³/mol. The number of nitrogens with zero attached hydrogens (tertiary/aromatic N) is 4. The first kappa shape index (κ1) is 23.1. The van der Waals surface area contributed by atoms with Gasteiger partial charge in [-0.15, -0.1) is 11.3 Å². The van der Waals surface area contributed by atoms with E-state index in [2.05, 4.69) is 46.8 Å². The molecule has 0 spiro atoms. The van der Waals surface area contributed by atoms with Crippen LogP contribution in [0.15, 0.2) is 57.9 Å². The van der Waals surface area contributed by atoms with E-state index in [0.29, 0.717) is 5.92 Å². The molecular weight excluding hydrogens is 432 g/mol. The van der Waals surface area contributed by atoms with Crippen LogP contribution in [-0.2, 0) is 0 Å². The number of aryl methyl sites for hydroxylation is 2. The highest BCUT2D eigenvalue weighted by atomic mass is 32.1. The molecular formula is C26H30N4O2S. The number of nitro benzene ring substituents is 1. The van der Waals surface area contributed by atoms with Crippen molar-refractivity contribution in [1.82, 2.24) is 4.68 Å². The Labute approximate surface area is 198 Å². The van der Waals surface area contributed by atoms with E-state index < -0.39 is 0 Å². The summed E-state index contributed by atoms with van der Waals surface area (Å²) in [5.74, 6) is 0.563. The van der Waals surface area contributed by atoms with Crippen molar-refractivity contribution < 1.29 is 4.92 Å². The van der Waals surface area contributed by atoms with E-state index in [1.807, 2.05) is 22.2 Å². The minimum atomic E-state index is -0.363. The molecule has 0 N–H and O–H groups in total. The highest BCUT2D eigenvalue weighted by Gasteiger charge is 2.30. The van der Waals surface area contributed by atoms with Crippen LogP contribution in [0.2, 0.25) is 0 Å². The first-order valence-corrected chi connectivity index (χ1v) is 12.1. The summed E-state index contributed by atoms with van der Waals surface area (Å²) in [6.07, 6.45) is 3.05. The molecule has 1 aliphatic carbocycles. The van der Waals surface area contributed by atoms with E-state index >= 15 is 0 Å². The van der Waals surface area contributed by atoms with Gasteiger partial charge in [0.25, 0.3) is 5.69 Å². The average molecular weight is 463 g/mol. The van der Waals surface area contributed by atoms with Crippen LogP contribution in [0.1, 0.15) is 51.2 Å². The molecule has 0 radical (unpaired) electrons. The van der Waals surface area contributed by atoms with Crippen LogP contribution >= 0.6 is 11.3 Å². The average Bonchev–Trinajstić information content (AvgIpc) is 3.11. The third-order valence-corrected chi connectivity index (χ3v) is 6.98. The topological polar surface area (TPSA) is 72.8 Å². The van der Waals surface area contributed by atoms with Gasteiger partial charge in [-0.05, 0) is 67.7 Å². The fourth-order valence-electron chi connectivity index (χ4n) is 4.69. The summed E-state index contributed by atoms with van der Waals surface area (Å²) in [5.41, 5.74) is 6.27. The first-order chi connectivity index (χ1) is 15.6. The van der Waals surface area contributed by atoms with Gasteiger partial charge >= 0.3 is 0 Å². The fraction of sp³-hybridized carbons (Fsp3) is 0.385. The second kappa shape index (κ2) is 9.06. The number of nitro groups is 1. The van der Waals surface area contributed by atoms with Gasteiger partial charge in [0.05, 0.1) is 16.3 Å². The van der Waals surface area contributed by atoms with Crippen molar-refractivity contribution in [3.05, 3.63) is 73.9 Å². The number of benzene rings is 2. The molecule has 172 valence electrons. The summed E-state index contributed by atoms with van der Waals surface area (Å²) in [6, 6.07) is 12.9. The standard InChI is InChI=1S/C26H30N4O2S/c1-17-11-22(15-26(4,5)14-17)28-29-24(20-7-6-8-23(13-20)30(31)32)16-33-25(29)27-21-10-9-18(2)19(3)12-21/h6-10,12-13,16-17H,11,14-15H2,1-5H3. The Balaban J connectivity index is 1.89. The minimum Gasteiger partial charge on any atom is -0.258 e. The molecule has 0 saturated heterocycles. The lowest BCUT2D eigenvalue weighted by Crippen LogP contribution is -2.29. The Morgan fingerprint density at radius 1 is 1.15 bits per heavy atom. The molecule has 1 aromatic heterocycles. The molecule has 0 aliphatic heterocycles. The Kier molecular flexibility index (Phi) is 6.34. The summed E-state index contributed by atoms with van der Waals surface area (Å²) >= 11 is 1.50. The van der Waals surface area contributed by atoms with Crippen molar-refractivity contribution in [2.75, 3.05) is 0 Å². The summed E-state index contributed by atoms with van der Waals surface area (Å²) in [4.78, 5) is 16.7. The van der Waals surface area contributed by atoms with Crippen LogP contribution < -0.4 is 4.80 Å². The quantitative estimate of drug-likeness (QED) is 0.308. The minimum absolute atomic E-state index is 0.0676. The number of thiazole rings is 1. The second-order valence-electron chi connectivity index (χ2n) is 9.92. The smallest absolute Gasteiger partial charge is 0.258 e. The van der Waals surface area contributed by atoms with Crippen LogP contribution in [-0.4, -0.2) is 15.3 Å². The lowest BCUT2D eigenvalue weighted by molar-refractivity contribution is -0.384. The van der Waals surface area contributed by atoms with Crippen molar-refractivity contribution in [3.63, 3.8) is 0 Å². The summed E-state index contributed by atoms with van der Waals surface area (Å²) in [7, 11) is 0. The number of hydrogen-bond acceptors (Lipinski definition) is 5. The first-order valence-electron chi connectivity index (χ1n) is 11.3. The predicted octanol–water partition coefficient (Wildman–Crippen LogP) is 7.02. The molecule has 7 heteroatoms. The van der Waals surface area contributed by atoms with Gasteiger partial charge in [0.2, 0.25) is 4.80 Å². The number of hydrogen-bond donors (Lipinski definition) is 0. The number of aromatic nitrogens is 1. The van der Waals surface area contributed by atoms with E-state index in [-0.39, 0.29) is 16.0 Å². The monoisotopic (exact) mass is 462 g/mol. The molecule has 6 nitrogen and oxygen atoms in total. The van der Waals surface area contributed by atoms with Crippen molar-refractivity contribution in [2.45, 2.75) is 53.9 Å². The molecule has 1 saturated carbocycles. The maximum Gasteiger partial charge on any atom is 0.270 e. The van der Waals surface area contributed by atoms with Gasteiger partial charge in [-0.25, -0.2) is 9.67 Å². The van der Waals surface area contributed by atoms with Crippen LogP contribution in [0.4, 0.5) is 11.4 Å². The largest absolute Gasteiger partial charge is 0.270 e. The van der Waals surface area contributed by atoms with Gasteiger partial charge in [0.1, 0.15) is 0 Å². The zero-order chi connectivity index (χ0) is 23.8. The van der Waals surface area contributed by atoms with Crippen LogP contribution in [0, 0.1) is 35.3 Å². The van der Waals surface area contributed by atoms with Crippen molar-refractivity contribution in [3.8, 4) is 11.3 Å². The Hall–Kier alpha value is -3.06. The highest BCUT2D eigenvalue weighted by Crippen LogP contribution is 2.37. The van der Waals surface area contributed by atoms with E-state index in [0.717, 1.165) is 40.3 Å². The normalized spacial score (nSPS) is 19.7. The zero-order valence-corrected chi connectivity index (χ0v) is 20.6. The van der Waals surface area contributed by atoms with E-state index in [1.54, 1.807) is 12.1 Å². The van der Waals surface area contributed by atoms with E-state index in [1.165, 1.54) is 35.0 Å². The lowest BCUT2D eigenvalue weighted by atomic mass is 9.72. The maximum atomic E-state index is 11.4. The van der Waals surface area contributed by atoms with Crippen LogP contribution in [0.5, 0.6) is 0 Å². The number of non-ortho nitro benzene ring substituents is 1. The molecule has 3 aromatic rings. The van der Waals surface area contributed by atoms with Crippen molar-refractivity contribution in [1.29, 1.82) is 0 Å². The van der Waals surface area contributed by atoms with Gasteiger partial charge in [0.15, 0.2) is 0 Å². The Morgan fingerprint density at radius 3 is 2.64 bits per heavy atom. The van der Waals surface area contributed by atoms with Gasteiger partial charge < -0.3 is 0 Å². The zero-order valence-electron chi connectivity index (χ0n) is 19.8. The summed E-state index contributed by atoms with van der Waals surface area (Å²) in [6.45, 7) is 11.0. The molecule has 33 heavy (non-hydrogen) atoms. The molecule has 1 heterocycles. The molecule has 2 aromatic carbocycles. The maximum absolute atomic E-state index is 11.4. The van der Waals surface area contributed by atoms with E-state index in [4.69, 9.17) is 10.1 Å². The molecule has 0 amide bonds. The SMILES string of the molecule is Cc1ccc(N=c2scc(-c3cccc([N+](=O)[O-])c3)n2N=C2CC(C)CC(C)(C)C2)cc1C. The van der Waals surface area contributed by atoms with Crippen LogP contribution in [0.25, 0.3) is 11.3 Å². The third kappa shape index (κ3) is 5.30. The van der Waals surface area contributed by atoms with Crippen molar-refractivity contribution >= 4 is 28.4 Å². The molecule has 1 aliphatic rings. The molecule has 1 fully saturated rings. The third-order valence-electron chi connectivity index (χ3n) is 6.16. The second-order valence-corrected chi connectivity index (χ2v) is 10.8. The number of rotatable bonds is 4. The van der Waals surface area contributed by atoms with Crippen molar-refractivity contribution in [2.24, 2.45) is 21.4 Å². The summed E-state index contributed by atoms with van der Waals surface area (Å²) < 4.78 is 1.88. The summed E-state index contributed by atoms with van der Waals surface area (Å²) in [5, 5.41) is 18.4. The van der Waals surface area contributed by atoms with Crippen LogP contribution in [0.3, 0.4) is 0 Å². The van der Waals surface area contributed by atoms with Gasteiger partial charge in [0, 0.05) is 28.8 Å². The molecule has 0 bridgehead atoms. The lowest BCUT2D eigenvalue weighted by Gasteiger charge is -2.34. The van der Waals surface area contributed by atoms with E-state index in [9.17, 15) is 10.1 Å². The fourth-order valence-corrected chi connectivity index (χ4v) is 5.54. The van der Waals surface area contributed by atoms with Gasteiger partial charge in [-0.1, -0.05) is 39.0 Å². The molecule has 1 unspecified atom stereocenters. The Morgan fingerprint density at radius 2 is 1.94 bits per heavy atom.